The summed E-state index contributed by atoms with van der Waals surface area (Å²) in [5.74, 6) is -0.556. The Morgan fingerprint density at radius 1 is 1.15 bits per heavy atom. The van der Waals surface area contributed by atoms with E-state index < -0.39 is 18.1 Å². The van der Waals surface area contributed by atoms with Crippen LogP contribution in [0.2, 0.25) is 0 Å². The Kier molecular flexibility index (Phi) is 5.57. The average molecular weight is 524 g/mol. The molecular weight excluding hydrogens is 494 g/mol. The van der Waals surface area contributed by atoms with Crippen molar-refractivity contribution in [1.29, 1.82) is 5.26 Å². The van der Waals surface area contributed by atoms with E-state index in [1.807, 2.05) is 42.5 Å². The number of likely N-dealkylation sites (tertiary alicyclic amines) is 1. The van der Waals surface area contributed by atoms with E-state index in [1.165, 1.54) is 6.20 Å². The summed E-state index contributed by atoms with van der Waals surface area (Å²) in [4.78, 5) is 49.6. The van der Waals surface area contributed by atoms with Crippen molar-refractivity contribution in [1.82, 2.24) is 24.6 Å². The van der Waals surface area contributed by atoms with Gasteiger partial charge in [0.15, 0.2) is 0 Å². The molecule has 10 heteroatoms. The minimum atomic E-state index is -0.747. The fraction of sp³-hybridized carbons (Fsp3) is 0.379. The third-order valence-electron chi connectivity index (χ3n) is 7.90. The molecule has 2 bridgehead atoms. The molecule has 4 amide bonds. The van der Waals surface area contributed by atoms with Gasteiger partial charge in [-0.3, -0.25) is 14.3 Å². The van der Waals surface area contributed by atoms with Gasteiger partial charge in [-0.2, -0.15) is 10.4 Å². The van der Waals surface area contributed by atoms with Gasteiger partial charge in [-0.15, -0.1) is 0 Å². The Bertz CT molecular complexity index is 1550. The van der Waals surface area contributed by atoms with E-state index in [2.05, 4.69) is 25.8 Å². The number of anilines is 1. The number of aromatic nitrogens is 3. The normalized spacial score (nSPS) is 22.0. The standard InChI is InChI=1S/C29H29N7O3/c1-17-10-19(14-31-21(17)13-30)36-27(38)25-22-11-20(35(25)28(36)39)16-33(22)26(37)23-12-24(29(2,3)4)32-34(23)15-18-8-6-5-7-9-18/h5-10,12,14,20,22,25H,11,15-16H2,1-4H3/t20-,22?,25-/m1/s1. The van der Waals surface area contributed by atoms with Crippen LogP contribution in [0.25, 0.3) is 0 Å². The number of urea groups is 1. The van der Waals surface area contributed by atoms with Gasteiger partial charge in [-0.25, -0.2) is 14.7 Å². The summed E-state index contributed by atoms with van der Waals surface area (Å²) in [5.41, 5.74) is 3.24. The molecule has 3 aliphatic rings. The van der Waals surface area contributed by atoms with E-state index in [1.54, 1.807) is 27.5 Å². The molecule has 2 aromatic heterocycles. The summed E-state index contributed by atoms with van der Waals surface area (Å²) in [6.07, 6.45) is 1.94. The Labute approximate surface area is 226 Å². The molecule has 0 radical (unpaired) electrons. The van der Waals surface area contributed by atoms with Crippen LogP contribution in [0.15, 0.2) is 48.7 Å². The average Bonchev–Trinajstić information content (AvgIpc) is 3.66. The Balaban J connectivity index is 1.30. The van der Waals surface area contributed by atoms with Gasteiger partial charge >= 0.3 is 6.03 Å². The first-order chi connectivity index (χ1) is 18.6. The lowest BCUT2D eigenvalue weighted by Crippen LogP contribution is -2.55. The SMILES string of the molecule is Cc1cc(N2C(=O)[C@H]3C4C[C@H](CN4C(=O)c4cc(C(C)(C)C)nn4Cc4ccccc4)N3C2=O)cnc1C#N. The summed E-state index contributed by atoms with van der Waals surface area (Å²) in [6, 6.07) is 13.5. The maximum absolute atomic E-state index is 14.0. The number of carbonyl (C=O) groups excluding carboxylic acids is 3. The zero-order valence-electron chi connectivity index (χ0n) is 22.3. The highest BCUT2D eigenvalue weighted by Gasteiger charge is 2.63. The van der Waals surface area contributed by atoms with Gasteiger partial charge in [0, 0.05) is 12.0 Å². The van der Waals surface area contributed by atoms with Crippen LogP contribution in [0.5, 0.6) is 0 Å². The van der Waals surface area contributed by atoms with Crippen molar-refractivity contribution < 1.29 is 14.4 Å². The highest BCUT2D eigenvalue weighted by atomic mass is 16.2. The van der Waals surface area contributed by atoms with Crippen molar-refractivity contribution in [3.8, 4) is 6.07 Å². The molecule has 10 nitrogen and oxygen atoms in total. The second-order valence-corrected chi connectivity index (χ2v) is 11.5. The monoisotopic (exact) mass is 523 g/mol. The number of pyridine rings is 1. The second kappa shape index (κ2) is 8.76. The van der Waals surface area contributed by atoms with Gasteiger partial charge < -0.3 is 9.80 Å². The van der Waals surface area contributed by atoms with Crippen LogP contribution in [0.4, 0.5) is 10.5 Å². The number of nitriles is 1. The zero-order chi connectivity index (χ0) is 27.6. The van der Waals surface area contributed by atoms with Crippen LogP contribution in [0.1, 0.15) is 60.2 Å². The highest BCUT2D eigenvalue weighted by Crippen LogP contribution is 2.43. The highest BCUT2D eigenvalue weighted by molar-refractivity contribution is 6.22. The van der Waals surface area contributed by atoms with Gasteiger partial charge in [0.05, 0.1) is 36.2 Å². The third kappa shape index (κ3) is 3.88. The number of hydrogen-bond donors (Lipinski definition) is 0. The predicted molar refractivity (Wildman–Crippen MR) is 142 cm³/mol. The number of amides is 4. The molecule has 3 saturated heterocycles. The molecule has 3 fully saturated rings. The molecule has 6 rings (SSSR count). The number of nitrogens with zero attached hydrogens (tertiary/aromatic N) is 7. The van der Waals surface area contributed by atoms with Crippen molar-refractivity contribution in [2.75, 3.05) is 11.4 Å². The summed E-state index contributed by atoms with van der Waals surface area (Å²) in [7, 11) is 0. The Hall–Kier alpha value is -4.52. The molecule has 198 valence electrons. The Morgan fingerprint density at radius 2 is 1.90 bits per heavy atom. The topological polar surface area (TPSA) is 115 Å². The maximum atomic E-state index is 14.0. The summed E-state index contributed by atoms with van der Waals surface area (Å²) < 4.78 is 1.75. The van der Waals surface area contributed by atoms with Crippen LogP contribution in [0, 0.1) is 18.3 Å². The minimum absolute atomic E-state index is 0.185. The van der Waals surface area contributed by atoms with E-state index in [0.717, 1.165) is 16.2 Å². The molecule has 0 N–H and O–H groups in total. The second-order valence-electron chi connectivity index (χ2n) is 11.5. The number of carbonyl (C=O) groups is 3. The molecule has 3 aromatic rings. The molecule has 0 aliphatic carbocycles. The number of piperazine rings is 1. The minimum Gasteiger partial charge on any atom is -0.330 e. The maximum Gasteiger partial charge on any atom is 0.332 e. The lowest BCUT2D eigenvalue weighted by atomic mass is 9.92. The first-order valence-corrected chi connectivity index (χ1v) is 13.0. The lowest BCUT2D eigenvalue weighted by Gasteiger charge is -2.34. The van der Waals surface area contributed by atoms with E-state index in [4.69, 9.17) is 5.10 Å². The number of rotatable bonds is 4. The molecular formula is C29H29N7O3. The van der Waals surface area contributed by atoms with E-state index in [0.29, 0.717) is 36.5 Å². The van der Waals surface area contributed by atoms with Crippen LogP contribution >= 0.6 is 0 Å². The first-order valence-electron chi connectivity index (χ1n) is 13.0. The molecule has 3 atom stereocenters. The van der Waals surface area contributed by atoms with Crippen molar-refractivity contribution >= 4 is 23.5 Å². The zero-order valence-corrected chi connectivity index (χ0v) is 22.3. The van der Waals surface area contributed by atoms with Crippen LogP contribution in [-0.2, 0) is 16.8 Å². The molecule has 0 spiro atoms. The van der Waals surface area contributed by atoms with E-state index in [-0.39, 0.29) is 29.0 Å². The number of hydrogen-bond acceptors (Lipinski definition) is 6. The molecule has 3 aliphatic heterocycles. The fourth-order valence-corrected chi connectivity index (χ4v) is 5.91. The van der Waals surface area contributed by atoms with E-state index >= 15 is 0 Å². The smallest absolute Gasteiger partial charge is 0.330 e. The summed E-state index contributed by atoms with van der Waals surface area (Å²) in [5, 5.41) is 14.0. The Morgan fingerprint density at radius 3 is 2.56 bits per heavy atom. The first kappa shape index (κ1) is 24.8. The number of imide groups is 1. The predicted octanol–water partition coefficient (Wildman–Crippen LogP) is 3.24. The number of fused-ring (bicyclic) bond motifs is 5. The molecule has 39 heavy (non-hydrogen) atoms. The lowest BCUT2D eigenvalue weighted by molar-refractivity contribution is -0.121. The van der Waals surface area contributed by atoms with Crippen molar-refractivity contribution in [3.05, 3.63) is 76.9 Å². The van der Waals surface area contributed by atoms with Crippen LogP contribution < -0.4 is 4.90 Å². The van der Waals surface area contributed by atoms with Gasteiger partial charge in [0.25, 0.3) is 11.8 Å². The van der Waals surface area contributed by atoms with E-state index in [9.17, 15) is 19.6 Å². The van der Waals surface area contributed by atoms with Crippen LogP contribution in [-0.4, -0.2) is 67.1 Å². The molecule has 5 heterocycles. The quantitative estimate of drug-likeness (QED) is 0.485. The molecule has 1 unspecified atom stereocenters. The van der Waals surface area contributed by atoms with Gasteiger partial charge in [-0.05, 0) is 36.6 Å². The molecule has 0 saturated carbocycles. The van der Waals surface area contributed by atoms with Gasteiger partial charge in [-0.1, -0.05) is 51.1 Å². The van der Waals surface area contributed by atoms with Crippen LogP contribution in [0.3, 0.4) is 0 Å². The van der Waals surface area contributed by atoms with Gasteiger partial charge in [0.2, 0.25) is 0 Å². The van der Waals surface area contributed by atoms with Crippen molar-refractivity contribution in [3.63, 3.8) is 0 Å². The van der Waals surface area contributed by atoms with Gasteiger partial charge in [0.1, 0.15) is 23.5 Å². The fourth-order valence-electron chi connectivity index (χ4n) is 5.91. The summed E-state index contributed by atoms with van der Waals surface area (Å²) in [6.45, 7) is 8.70. The summed E-state index contributed by atoms with van der Waals surface area (Å²) >= 11 is 0. The largest absolute Gasteiger partial charge is 0.332 e. The number of aryl methyl sites for hydroxylation is 1. The molecule has 1 aromatic carbocycles. The third-order valence-corrected chi connectivity index (χ3v) is 7.90. The number of benzene rings is 1. The van der Waals surface area contributed by atoms with Crippen molar-refractivity contribution in [2.45, 2.75) is 64.2 Å². The van der Waals surface area contributed by atoms with Crippen molar-refractivity contribution in [2.24, 2.45) is 0 Å².